The van der Waals surface area contributed by atoms with Crippen molar-refractivity contribution in [2.45, 2.75) is 24.3 Å². The van der Waals surface area contributed by atoms with Crippen molar-refractivity contribution in [1.29, 1.82) is 0 Å². The van der Waals surface area contributed by atoms with Gasteiger partial charge >= 0.3 is 0 Å². The minimum Gasteiger partial charge on any atom is -0.345 e. The van der Waals surface area contributed by atoms with Crippen molar-refractivity contribution in [1.82, 2.24) is 5.32 Å². The molecule has 0 heterocycles. The predicted octanol–water partition coefficient (Wildman–Crippen LogP) is 2.34. The van der Waals surface area contributed by atoms with Crippen LogP contribution < -0.4 is 10.0 Å². The zero-order valence-corrected chi connectivity index (χ0v) is 16.9. The predicted molar refractivity (Wildman–Crippen MR) is 105 cm³/mol. The van der Waals surface area contributed by atoms with E-state index in [0.717, 1.165) is 18.1 Å². The highest BCUT2D eigenvalue weighted by Crippen LogP contribution is 2.20. The summed E-state index contributed by atoms with van der Waals surface area (Å²) in [6.07, 6.45) is 2.82. The van der Waals surface area contributed by atoms with Crippen molar-refractivity contribution in [3.05, 3.63) is 59.7 Å². The van der Waals surface area contributed by atoms with E-state index < -0.39 is 19.9 Å². The highest BCUT2D eigenvalue weighted by molar-refractivity contribution is 7.92. The Kier molecular flexibility index (Phi) is 6.27. The smallest absolute Gasteiger partial charge is 0.251 e. The van der Waals surface area contributed by atoms with Crippen molar-refractivity contribution < 1.29 is 21.6 Å². The molecule has 146 valence electrons. The summed E-state index contributed by atoms with van der Waals surface area (Å²) in [5.74, 6) is -0.306. The van der Waals surface area contributed by atoms with E-state index in [1.807, 2.05) is 6.92 Å². The normalized spacial score (nSPS) is 13.0. The summed E-state index contributed by atoms with van der Waals surface area (Å²) >= 11 is 0. The van der Waals surface area contributed by atoms with Crippen LogP contribution in [0.4, 0.5) is 5.69 Å². The fourth-order valence-electron chi connectivity index (χ4n) is 2.51. The number of sulfonamides is 1. The van der Waals surface area contributed by atoms with Crippen molar-refractivity contribution in [2.24, 2.45) is 0 Å². The molecule has 0 bridgehead atoms. The number of sulfone groups is 1. The summed E-state index contributed by atoms with van der Waals surface area (Å²) in [6, 6.07) is 12.2. The highest BCUT2D eigenvalue weighted by Gasteiger charge is 2.15. The van der Waals surface area contributed by atoms with E-state index in [1.165, 1.54) is 36.4 Å². The molecular weight excluding hydrogens is 388 g/mol. The lowest BCUT2D eigenvalue weighted by Crippen LogP contribution is -2.28. The van der Waals surface area contributed by atoms with E-state index in [2.05, 4.69) is 10.0 Å². The summed E-state index contributed by atoms with van der Waals surface area (Å²) in [6.45, 7) is 1.91. The fourth-order valence-corrected chi connectivity index (χ4v) is 3.71. The molecular formula is C18H22N2O5S2. The van der Waals surface area contributed by atoms with Crippen LogP contribution in [-0.2, 0) is 19.9 Å². The van der Waals surface area contributed by atoms with Crippen LogP contribution in [0, 0.1) is 0 Å². The quantitative estimate of drug-likeness (QED) is 0.728. The largest absolute Gasteiger partial charge is 0.345 e. The first kappa shape index (κ1) is 20.9. The number of hydrogen-bond donors (Lipinski definition) is 2. The molecule has 0 spiro atoms. The molecule has 2 aromatic carbocycles. The second kappa shape index (κ2) is 8.10. The third-order valence-electron chi connectivity index (χ3n) is 3.87. The molecule has 1 amide bonds. The molecule has 0 radical (unpaired) electrons. The van der Waals surface area contributed by atoms with Crippen molar-refractivity contribution in [3.63, 3.8) is 0 Å². The lowest BCUT2D eigenvalue weighted by Gasteiger charge is -2.18. The van der Waals surface area contributed by atoms with Gasteiger partial charge in [0.1, 0.15) is 0 Å². The molecule has 2 N–H and O–H groups in total. The van der Waals surface area contributed by atoms with Gasteiger partial charge in [-0.1, -0.05) is 19.1 Å². The average Bonchev–Trinajstić information content (AvgIpc) is 2.58. The molecule has 9 heteroatoms. The van der Waals surface area contributed by atoms with Gasteiger partial charge in [-0.25, -0.2) is 16.8 Å². The number of carbonyl (C=O) groups excluding carboxylic acids is 1. The number of anilines is 1. The summed E-state index contributed by atoms with van der Waals surface area (Å²) in [7, 11) is -6.65. The Bertz CT molecular complexity index is 1010. The molecule has 0 aromatic heterocycles. The van der Waals surface area contributed by atoms with Crippen LogP contribution in [0.15, 0.2) is 53.4 Å². The van der Waals surface area contributed by atoms with Gasteiger partial charge in [-0.3, -0.25) is 9.52 Å². The Morgan fingerprint density at radius 2 is 1.48 bits per heavy atom. The number of carbonyl (C=O) groups is 1. The topological polar surface area (TPSA) is 109 Å². The van der Waals surface area contributed by atoms with Crippen LogP contribution in [0.2, 0.25) is 0 Å². The second-order valence-electron chi connectivity index (χ2n) is 6.23. The molecule has 2 aromatic rings. The van der Waals surface area contributed by atoms with Gasteiger partial charge < -0.3 is 5.32 Å². The van der Waals surface area contributed by atoms with Gasteiger partial charge in [-0.05, 0) is 48.4 Å². The Hall–Kier alpha value is -2.39. The van der Waals surface area contributed by atoms with Crippen LogP contribution in [-0.4, -0.2) is 35.3 Å². The summed E-state index contributed by atoms with van der Waals surface area (Å²) in [5.41, 5.74) is 1.56. The van der Waals surface area contributed by atoms with E-state index >= 15 is 0 Å². The van der Waals surface area contributed by atoms with E-state index in [1.54, 1.807) is 12.1 Å². The maximum absolute atomic E-state index is 12.5. The first-order valence-corrected chi connectivity index (χ1v) is 12.0. The van der Waals surface area contributed by atoms with Crippen LogP contribution in [0.3, 0.4) is 0 Å². The standard InChI is InChI=1S/C18H22N2O5S2/c1-4-17(13-7-11-16(12-8-13)26(2,22)23)19-18(21)14-5-9-15(10-6-14)20-27(3,24)25/h5-12,17,20H,4H2,1-3H3,(H,19,21). The van der Waals surface area contributed by atoms with E-state index in [4.69, 9.17) is 0 Å². The van der Waals surface area contributed by atoms with Gasteiger partial charge in [0.15, 0.2) is 9.84 Å². The minimum absolute atomic E-state index is 0.224. The van der Waals surface area contributed by atoms with Crippen LogP contribution in [0.1, 0.15) is 35.3 Å². The van der Waals surface area contributed by atoms with Crippen molar-refractivity contribution in [3.8, 4) is 0 Å². The van der Waals surface area contributed by atoms with Crippen molar-refractivity contribution >= 4 is 31.5 Å². The van der Waals surface area contributed by atoms with Crippen LogP contribution >= 0.6 is 0 Å². The van der Waals surface area contributed by atoms with E-state index in [9.17, 15) is 21.6 Å². The molecule has 0 aliphatic carbocycles. The minimum atomic E-state index is -3.38. The third kappa shape index (κ3) is 6.07. The third-order valence-corrected chi connectivity index (χ3v) is 5.61. The maximum atomic E-state index is 12.5. The molecule has 1 atom stereocenters. The molecule has 27 heavy (non-hydrogen) atoms. The molecule has 0 aliphatic rings. The van der Waals surface area contributed by atoms with Gasteiger partial charge in [0.05, 0.1) is 17.2 Å². The van der Waals surface area contributed by atoms with E-state index in [0.29, 0.717) is 17.7 Å². The van der Waals surface area contributed by atoms with Crippen LogP contribution in [0.5, 0.6) is 0 Å². The first-order valence-electron chi connectivity index (χ1n) is 8.18. The number of rotatable bonds is 7. The SMILES string of the molecule is CCC(NC(=O)c1ccc(NS(C)(=O)=O)cc1)c1ccc(S(C)(=O)=O)cc1. The first-order chi connectivity index (χ1) is 12.5. The number of nitrogens with one attached hydrogen (secondary N) is 2. The zero-order valence-electron chi connectivity index (χ0n) is 15.3. The lowest BCUT2D eigenvalue weighted by molar-refractivity contribution is 0.0935. The van der Waals surface area contributed by atoms with Gasteiger partial charge in [-0.15, -0.1) is 0 Å². The molecule has 7 nitrogen and oxygen atoms in total. The molecule has 0 aliphatic heterocycles. The summed E-state index contributed by atoms with van der Waals surface area (Å²) in [4.78, 5) is 12.7. The van der Waals surface area contributed by atoms with Crippen molar-refractivity contribution in [2.75, 3.05) is 17.2 Å². The molecule has 0 saturated carbocycles. The average molecular weight is 411 g/mol. The molecule has 2 rings (SSSR count). The zero-order chi connectivity index (χ0) is 20.2. The van der Waals surface area contributed by atoms with Gasteiger partial charge in [-0.2, -0.15) is 0 Å². The molecule has 0 saturated heterocycles. The number of amides is 1. The Morgan fingerprint density at radius 1 is 0.926 bits per heavy atom. The Morgan fingerprint density at radius 3 is 1.93 bits per heavy atom. The van der Waals surface area contributed by atoms with Crippen LogP contribution in [0.25, 0.3) is 0 Å². The second-order valence-corrected chi connectivity index (χ2v) is 9.99. The van der Waals surface area contributed by atoms with Gasteiger partial charge in [0.2, 0.25) is 10.0 Å². The fraction of sp³-hybridized carbons (Fsp3) is 0.278. The highest BCUT2D eigenvalue weighted by atomic mass is 32.2. The molecule has 1 unspecified atom stereocenters. The van der Waals surface area contributed by atoms with E-state index in [-0.39, 0.29) is 16.8 Å². The summed E-state index contributed by atoms with van der Waals surface area (Å²) < 4.78 is 47.9. The monoisotopic (exact) mass is 410 g/mol. The maximum Gasteiger partial charge on any atom is 0.251 e. The van der Waals surface area contributed by atoms with Gasteiger partial charge in [0, 0.05) is 17.5 Å². The Balaban J connectivity index is 2.12. The number of hydrogen-bond acceptors (Lipinski definition) is 5. The van der Waals surface area contributed by atoms with Gasteiger partial charge in [0.25, 0.3) is 5.91 Å². The summed E-state index contributed by atoms with van der Waals surface area (Å²) in [5, 5.41) is 2.90. The Labute approximate surface area is 159 Å². The molecule has 0 fully saturated rings. The number of benzene rings is 2. The lowest BCUT2D eigenvalue weighted by atomic mass is 10.0.